The van der Waals surface area contributed by atoms with Gasteiger partial charge in [-0.25, -0.2) is 9.97 Å². The minimum Gasteiger partial charge on any atom is -0.433 e. The molecular weight excluding hydrogens is 468 g/mol. The van der Waals surface area contributed by atoms with Gasteiger partial charge in [-0.3, -0.25) is 19.1 Å². The fourth-order valence-corrected chi connectivity index (χ4v) is 4.55. The number of pyridine rings is 1. The lowest BCUT2D eigenvalue weighted by molar-refractivity contribution is -0.0508. The van der Waals surface area contributed by atoms with E-state index in [9.17, 15) is 13.6 Å². The molecule has 36 heavy (non-hydrogen) atoms. The number of ether oxygens (including phenoxy) is 1. The van der Waals surface area contributed by atoms with E-state index in [0.717, 1.165) is 30.8 Å². The lowest BCUT2D eigenvalue weighted by atomic mass is 10.1. The van der Waals surface area contributed by atoms with Crippen molar-refractivity contribution >= 4 is 16.9 Å². The number of fused-ring (bicyclic) bond motifs is 1. The number of anilines is 1. The fourth-order valence-electron chi connectivity index (χ4n) is 4.55. The summed E-state index contributed by atoms with van der Waals surface area (Å²) >= 11 is 0. The highest BCUT2D eigenvalue weighted by Gasteiger charge is 2.19. The second-order valence-electron chi connectivity index (χ2n) is 8.97. The number of piperazine rings is 1. The quantitative estimate of drug-likeness (QED) is 0.440. The molecule has 0 bridgehead atoms. The van der Waals surface area contributed by atoms with Crippen molar-refractivity contribution in [2.24, 2.45) is 7.05 Å². The van der Waals surface area contributed by atoms with Crippen LogP contribution in [0.25, 0.3) is 22.0 Å². The van der Waals surface area contributed by atoms with Crippen molar-refractivity contribution in [2.45, 2.75) is 33.0 Å². The third kappa shape index (κ3) is 4.66. The maximum Gasteiger partial charge on any atom is 0.387 e. The Kier molecular flexibility index (Phi) is 6.40. The summed E-state index contributed by atoms with van der Waals surface area (Å²) in [5, 5.41) is 3.92. The first kappa shape index (κ1) is 23.9. The summed E-state index contributed by atoms with van der Waals surface area (Å²) in [4.78, 5) is 28.6. The van der Waals surface area contributed by atoms with Crippen LogP contribution in [0, 0.1) is 6.92 Å². The van der Waals surface area contributed by atoms with Crippen LogP contribution in [0.15, 0.2) is 47.5 Å². The third-order valence-corrected chi connectivity index (χ3v) is 6.37. The zero-order valence-electron chi connectivity index (χ0n) is 20.3. The second kappa shape index (κ2) is 9.65. The first-order chi connectivity index (χ1) is 17.3. The molecule has 0 unspecified atom stereocenters. The van der Waals surface area contributed by atoms with Crippen molar-refractivity contribution in [2.75, 3.05) is 24.5 Å². The molecule has 188 valence electrons. The van der Waals surface area contributed by atoms with Gasteiger partial charge in [0.2, 0.25) is 5.95 Å². The first-order valence-corrected chi connectivity index (χ1v) is 11.7. The largest absolute Gasteiger partial charge is 0.433 e. The standard InChI is InChI=1S/C25H27F2N7O2/c1-15-4-7-22(36-24(26)27)20(31-15)14-34-21-10-17(5-6-19(21)23(35)32(34)3)18-11-29-25(30-12-18)33-9-8-28-16(2)13-33/h4-7,10-12,16,24,28H,8-9,13-14H2,1-3H3/t16-/m1/s1. The number of hydrogen-bond acceptors (Lipinski definition) is 7. The number of nitrogens with zero attached hydrogens (tertiary/aromatic N) is 6. The normalized spacial score (nSPS) is 16.2. The third-order valence-electron chi connectivity index (χ3n) is 6.37. The molecule has 0 spiro atoms. The zero-order valence-corrected chi connectivity index (χ0v) is 20.3. The highest BCUT2D eigenvalue weighted by molar-refractivity contribution is 5.84. The molecule has 1 aliphatic rings. The number of benzene rings is 1. The van der Waals surface area contributed by atoms with Gasteiger partial charge in [0.1, 0.15) is 11.4 Å². The molecule has 1 aromatic carbocycles. The highest BCUT2D eigenvalue weighted by atomic mass is 19.3. The molecule has 0 amide bonds. The second-order valence-corrected chi connectivity index (χ2v) is 8.97. The number of aryl methyl sites for hydroxylation is 1. The minimum atomic E-state index is -2.97. The van der Waals surface area contributed by atoms with E-state index >= 15 is 0 Å². The van der Waals surface area contributed by atoms with Crippen molar-refractivity contribution in [3.05, 3.63) is 64.5 Å². The lowest BCUT2D eigenvalue weighted by Crippen LogP contribution is -2.49. The maximum atomic E-state index is 13.0. The Morgan fingerprint density at radius 1 is 1.17 bits per heavy atom. The van der Waals surface area contributed by atoms with Gasteiger partial charge in [-0.05, 0) is 43.7 Å². The van der Waals surface area contributed by atoms with Crippen LogP contribution in [0.2, 0.25) is 0 Å². The van der Waals surface area contributed by atoms with E-state index in [4.69, 9.17) is 0 Å². The van der Waals surface area contributed by atoms with Crippen LogP contribution in [-0.4, -0.2) is 56.6 Å². The number of alkyl halides is 2. The Bertz CT molecular complexity index is 1450. The molecule has 1 N–H and O–H groups in total. The molecule has 1 saturated heterocycles. The molecule has 11 heteroatoms. The Labute approximate surface area is 206 Å². The number of rotatable bonds is 6. The van der Waals surface area contributed by atoms with Crippen molar-refractivity contribution in [3.63, 3.8) is 0 Å². The molecule has 0 radical (unpaired) electrons. The SMILES string of the molecule is Cc1ccc(OC(F)F)c(Cn2c3cc(-c4cnc(N5CCN[C@H](C)C5)nc4)ccc3c(=O)n2C)n1. The van der Waals surface area contributed by atoms with Gasteiger partial charge < -0.3 is 15.0 Å². The van der Waals surface area contributed by atoms with Gasteiger partial charge in [0, 0.05) is 56.4 Å². The molecule has 4 aromatic rings. The van der Waals surface area contributed by atoms with E-state index in [1.165, 1.54) is 10.7 Å². The zero-order chi connectivity index (χ0) is 25.4. The summed E-state index contributed by atoms with van der Waals surface area (Å²) < 4.78 is 33.7. The molecule has 1 fully saturated rings. The summed E-state index contributed by atoms with van der Waals surface area (Å²) in [6.45, 7) is 3.57. The number of aromatic nitrogens is 5. The number of halogens is 2. The molecule has 3 aromatic heterocycles. The first-order valence-electron chi connectivity index (χ1n) is 11.7. The van der Waals surface area contributed by atoms with Crippen LogP contribution in [0.5, 0.6) is 5.75 Å². The highest BCUT2D eigenvalue weighted by Crippen LogP contribution is 2.26. The van der Waals surface area contributed by atoms with Crippen LogP contribution in [0.4, 0.5) is 14.7 Å². The monoisotopic (exact) mass is 495 g/mol. The topological polar surface area (TPSA) is 90.1 Å². The van der Waals surface area contributed by atoms with E-state index < -0.39 is 6.61 Å². The van der Waals surface area contributed by atoms with Crippen LogP contribution in [0.3, 0.4) is 0 Å². The van der Waals surface area contributed by atoms with Crippen molar-refractivity contribution in [1.29, 1.82) is 0 Å². The van der Waals surface area contributed by atoms with Crippen molar-refractivity contribution in [1.82, 2.24) is 29.6 Å². The molecule has 9 nitrogen and oxygen atoms in total. The summed E-state index contributed by atoms with van der Waals surface area (Å²) in [5.41, 5.74) is 3.06. The van der Waals surface area contributed by atoms with E-state index in [0.29, 0.717) is 34.3 Å². The average molecular weight is 496 g/mol. The Morgan fingerprint density at radius 2 is 1.94 bits per heavy atom. The van der Waals surface area contributed by atoms with Crippen LogP contribution in [0.1, 0.15) is 18.3 Å². The Hall–Kier alpha value is -3.86. The summed E-state index contributed by atoms with van der Waals surface area (Å²) in [5.74, 6) is 0.661. The van der Waals surface area contributed by atoms with E-state index in [-0.39, 0.29) is 17.9 Å². The van der Waals surface area contributed by atoms with Gasteiger partial charge in [0.05, 0.1) is 17.4 Å². The fraction of sp³-hybridized carbons (Fsp3) is 0.360. The van der Waals surface area contributed by atoms with Gasteiger partial charge in [0.25, 0.3) is 5.56 Å². The van der Waals surface area contributed by atoms with Gasteiger partial charge in [-0.2, -0.15) is 8.78 Å². The molecule has 0 saturated carbocycles. The van der Waals surface area contributed by atoms with Gasteiger partial charge in [0.15, 0.2) is 0 Å². The van der Waals surface area contributed by atoms with Crippen LogP contribution >= 0.6 is 0 Å². The smallest absolute Gasteiger partial charge is 0.387 e. The molecule has 1 atom stereocenters. The summed E-state index contributed by atoms with van der Waals surface area (Å²) in [6, 6.07) is 8.94. The van der Waals surface area contributed by atoms with Gasteiger partial charge in [-0.1, -0.05) is 6.07 Å². The van der Waals surface area contributed by atoms with E-state index in [2.05, 4.69) is 36.8 Å². The predicted molar refractivity (Wildman–Crippen MR) is 133 cm³/mol. The summed E-state index contributed by atoms with van der Waals surface area (Å²) in [7, 11) is 1.64. The predicted octanol–water partition coefficient (Wildman–Crippen LogP) is 2.95. The maximum absolute atomic E-state index is 13.0. The Morgan fingerprint density at radius 3 is 2.67 bits per heavy atom. The molecule has 5 rings (SSSR count). The van der Waals surface area contributed by atoms with Crippen LogP contribution < -0.4 is 20.5 Å². The number of nitrogens with one attached hydrogen (secondary N) is 1. The molecule has 1 aliphatic heterocycles. The van der Waals surface area contributed by atoms with Gasteiger partial charge in [-0.15, -0.1) is 0 Å². The molecule has 4 heterocycles. The van der Waals surface area contributed by atoms with E-state index in [1.54, 1.807) is 43.2 Å². The van der Waals surface area contributed by atoms with E-state index in [1.807, 2.05) is 12.1 Å². The average Bonchev–Trinajstić information content (AvgIpc) is 3.10. The van der Waals surface area contributed by atoms with Crippen molar-refractivity contribution < 1.29 is 13.5 Å². The van der Waals surface area contributed by atoms with Crippen LogP contribution in [-0.2, 0) is 13.6 Å². The van der Waals surface area contributed by atoms with Crippen molar-refractivity contribution in [3.8, 4) is 16.9 Å². The van der Waals surface area contributed by atoms with Gasteiger partial charge >= 0.3 is 6.61 Å². The lowest BCUT2D eigenvalue weighted by Gasteiger charge is -2.31. The molecular formula is C25H27F2N7O2. The Balaban J connectivity index is 1.50. The minimum absolute atomic E-state index is 0.0210. The molecule has 0 aliphatic carbocycles. The number of hydrogen-bond donors (Lipinski definition) is 1. The summed E-state index contributed by atoms with van der Waals surface area (Å²) in [6.07, 6.45) is 3.55.